The molecular formula is C15H17F2NO3. The molecule has 1 saturated carbocycles. The van der Waals surface area contributed by atoms with Gasteiger partial charge in [0, 0.05) is 12.5 Å². The number of hydrogen-bond acceptors (Lipinski definition) is 2. The van der Waals surface area contributed by atoms with Crippen molar-refractivity contribution in [3.63, 3.8) is 0 Å². The lowest BCUT2D eigenvalue weighted by Crippen LogP contribution is -2.28. The smallest absolute Gasteiger partial charge is 0.303 e. The summed E-state index contributed by atoms with van der Waals surface area (Å²) >= 11 is 0. The molecule has 0 aliphatic heterocycles. The lowest BCUT2D eigenvalue weighted by atomic mass is 9.79. The van der Waals surface area contributed by atoms with Crippen LogP contribution >= 0.6 is 0 Å². The summed E-state index contributed by atoms with van der Waals surface area (Å²) in [5, 5.41) is 11.3. The van der Waals surface area contributed by atoms with Crippen LogP contribution in [0.25, 0.3) is 0 Å². The van der Waals surface area contributed by atoms with Crippen molar-refractivity contribution in [3.05, 3.63) is 29.8 Å². The van der Waals surface area contributed by atoms with Gasteiger partial charge in [0.05, 0.1) is 12.1 Å². The molecule has 1 aliphatic rings. The van der Waals surface area contributed by atoms with Gasteiger partial charge in [0.15, 0.2) is 0 Å². The molecule has 0 heterocycles. The van der Waals surface area contributed by atoms with Gasteiger partial charge in [-0.25, -0.2) is 8.78 Å². The maximum absolute atomic E-state index is 13.5. The molecule has 1 amide bonds. The lowest BCUT2D eigenvalue weighted by molar-refractivity contribution is -0.140. The Kier molecular flexibility index (Phi) is 4.55. The van der Waals surface area contributed by atoms with E-state index in [0.29, 0.717) is 12.8 Å². The average Bonchev–Trinajstić information content (AvgIpc) is 2.80. The number of rotatable bonds is 5. The van der Waals surface area contributed by atoms with E-state index in [1.165, 1.54) is 0 Å². The molecule has 0 spiro atoms. The molecular weight excluding hydrogens is 280 g/mol. The monoisotopic (exact) mass is 297 g/mol. The third-order valence-electron chi connectivity index (χ3n) is 3.93. The lowest BCUT2D eigenvalue weighted by Gasteiger charge is -2.26. The van der Waals surface area contributed by atoms with E-state index in [9.17, 15) is 18.4 Å². The van der Waals surface area contributed by atoms with Gasteiger partial charge in [-0.2, -0.15) is 0 Å². The first kappa shape index (κ1) is 15.4. The number of aliphatic carboxylic acids is 1. The van der Waals surface area contributed by atoms with E-state index in [-0.39, 0.29) is 18.5 Å². The summed E-state index contributed by atoms with van der Waals surface area (Å²) in [6.45, 7) is 0. The predicted molar refractivity (Wildman–Crippen MR) is 72.8 cm³/mol. The number of halogens is 2. The largest absolute Gasteiger partial charge is 0.481 e. The van der Waals surface area contributed by atoms with Gasteiger partial charge in [0.2, 0.25) is 5.91 Å². The van der Waals surface area contributed by atoms with Crippen molar-refractivity contribution in [1.29, 1.82) is 0 Å². The fraction of sp³-hybridized carbons (Fsp3) is 0.467. The van der Waals surface area contributed by atoms with Crippen LogP contribution in [0.3, 0.4) is 0 Å². The zero-order chi connectivity index (χ0) is 15.5. The highest BCUT2D eigenvalue weighted by molar-refractivity contribution is 5.91. The van der Waals surface area contributed by atoms with Gasteiger partial charge >= 0.3 is 5.97 Å². The first-order valence-electron chi connectivity index (χ1n) is 6.87. The van der Waals surface area contributed by atoms with E-state index < -0.39 is 28.9 Å². The number of carboxylic acid groups (broad SMARTS) is 1. The minimum Gasteiger partial charge on any atom is -0.481 e. The maximum Gasteiger partial charge on any atom is 0.303 e. The molecule has 6 heteroatoms. The van der Waals surface area contributed by atoms with Crippen molar-refractivity contribution in [2.24, 2.45) is 5.41 Å². The SMILES string of the molecule is O=C(O)CC1(CC(=O)Nc2cc(F)ccc2F)CCCC1. The molecule has 0 atom stereocenters. The summed E-state index contributed by atoms with van der Waals surface area (Å²) < 4.78 is 26.5. The van der Waals surface area contributed by atoms with E-state index in [1.54, 1.807) is 0 Å². The van der Waals surface area contributed by atoms with Crippen LogP contribution in [0.5, 0.6) is 0 Å². The zero-order valence-electron chi connectivity index (χ0n) is 11.5. The molecule has 0 unspecified atom stereocenters. The molecule has 2 rings (SSSR count). The van der Waals surface area contributed by atoms with E-state index in [1.807, 2.05) is 0 Å². The van der Waals surface area contributed by atoms with Gasteiger partial charge in [-0.15, -0.1) is 0 Å². The zero-order valence-corrected chi connectivity index (χ0v) is 11.5. The Balaban J connectivity index is 2.06. The molecule has 4 nitrogen and oxygen atoms in total. The molecule has 1 fully saturated rings. The minimum absolute atomic E-state index is 0.00918. The van der Waals surface area contributed by atoms with Gasteiger partial charge in [0.1, 0.15) is 11.6 Å². The average molecular weight is 297 g/mol. The minimum atomic E-state index is -0.943. The van der Waals surface area contributed by atoms with Crippen LogP contribution < -0.4 is 5.32 Å². The summed E-state index contributed by atoms with van der Waals surface area (Å²) in [5.41, 5.74) is -0.789. The summed E-state index contributed by atoms with van der Waals surface area (Å²) in [5.74, 6) is -2.79. The van der Waals surface area contributed by atoms with Crippen molar-refractivity contribution in [2.45, 2.75) is 38.5 Å². The second kappa shape index (κ2) is 6.20. The van der Waals surface area contributed by atoms with Crippen LogP contribution in [0.4, 0.5) is 14.5 Å². The second-order valence-corrected chi connectivity index (χ2v) is 5.63. The van der Waals surface area contributed by atoms with Gasteiger partial charge in [-0.05, 0) is 30.4 Å². The molecule has 0 aromatic heterocycles. The normalized spacial score (nSPS) is 16.7. The number of benzene rings is 1. The van der Waals surface area contributed by atoms with Crippen LogP contribution in [0.15, 0.2) is 18.2 Å². The van der Waals surface area contributed by atoms with Crippen LogP contribution in [0.2, 0.25) is 0 Å². The third kappa shape index (κ3) is 4.00. The fourth-order valence-electron chi connectivity index (χ4n) is 2.99. The Morgan fingerprint density at radius 3 is 2.48 bits per heavy atom. The van der Waals surface area contributed by atoms with Gasteiger partial charge in [-0.3, -0.25) is 9.59 Å². The predicted octanol–water partition coefficient (Wildman–Crippen LogP) is 3.33. The number of carbonyl (C=O) groups excluding carboxylic acids is 1. The molecule has 114 valence electrons. The molecule has 21 heavy (non-hydrogen) atoms. The molecule has 2 N–H and O–H groups in total. The van der Waals surface area contributed by atoms with Crippen LogP contribution in [0.1, 0.15) is 38.5 Å². The number of carboxylic acids is 1. The van der Waals surface area contributed by atoms with E-state index in [2.05, 4.69) is 5.32 Å². The Labute approximate surface area is 121 Å². The third-order valence-corrected chi connectivity index (χ3v) is 3.93. The Bertz CT molecular complexity index is 554. The molecule has 1 aromatic carbocycles. The van der Waals surface area contributed by atoms with Crippen molar-refractivity contribution in [3.8, 4) is 0 Å². The van der Waals surface area contributed by atoms with Crippen molar-refractivity contribution in [2.75, 3.05) is 5.32 Å². The highest BCUT2D eigenvalue weighted by atomic mass is 19.1. The van der Waals surface area contributed by atoms with Crippen molar-refractivity contribution >= 4 is 17.6 Å². The van der Waals surface area contributed by atoms with Gasteiger partial charge in [0.25, 0.3) is 0 Å². The Hall–Kier alpha value is -1.98. The van der Waals surface area contributed by atoms with Crippen molar-refractivity contribution < 1.29 is 23.5 Å². The summed E-state index contributed by atoms with van der Waals surface area (Å²) in [4.78, 5) is 23.0. The molecule has 1 aliphatic carbocycles. The number of anilines is 1. The van der Waals surface area contributed by atoms with Crippen LogP contribution in [-0.2, 0) is 9.59 Å². The van der Waals surface area contributed by atoms with E-state index in [0.717, 1.165) is 31.0 Å². The topological polar surface area (TPSA) is 66.4 Å². The summed E-state index contributed by atoms with van der Waals surface area (Å²) in [6.07, 6.45) is 3.03. The quantitative estimate of drug-likeness (QED) is 0.876. The highest BCUT2D eigenvalue weighted by Gasteiger charge is 2.38. The molecule has 0 saturated heterocycles. The van der Waals surface area contributed by atoms with Gasteiger partial charge in [-0.1, -0.05) is 12.8 Å². The molecule has 1 aromatic rings. The molecule has 0 radical (unpaired) electrons. The first-order valence-corrected chi connectivity index (χ1v) is 6.87. The Morgan fingerprint density at radius 2 is 1.86 bits per heavy atom. The first-order chi connectivity index (χ1) is 9.90. The fourth-order valence-corrected chi connectivity index (χ4v) is 2.99. The summed E-state index contributed by atoms with van der Waals surface area (Å²) in [6, 6.07) is 2.81. The molecule has 0 bridgehead atoms. The number of hydrogen-bond donors (Lipinski definition) is 2. The van der Waals surface area contributed by atoms with Crippen LogP contribution in [-0.4, -0.2) is 17.0 Å². The number of carbonyl (C=O) groups is 2. The van der Waals surface area contributed by atoms with Crippen LogP contribution in [0, 0.1) is 17.0 Å². The van der Waals surface area contributed by atoms with E-state index >= 15 is 0 Å². The second-order valence-electron chi connectivity index (χ2n) is 5.63. The Morgan fingerprint density at radius 1 is 1.19 bits per heavy atom. The standard InChI is InChI=1S/C15H17F2NO3/c16-10-3-4-11(17)12(7-10)18-13(19)8-15(9-14(20)21)5-1-2-6-15/h3-4,7H,1-2,5-6,8-9H2,(H,18,19)(H,20,21). The van der Waals surface area contributed by atoms with E-state index in [4.69, 9.17) is 5.11 Å². The van der Waals surface area contributed by atoms with Crippen molar-refractivity contribution in [1.82, 2.24) is 0 Å². The highest BCUT2D eigenvalue weighted by Crippen LogP contribution is 2.44. The number of amides is 1. The number of nitrogens with one attached hydrogen (secondary N) is 1. The summed E-state index contributed by atoms with van der Waals surface area (Å²) in [7, 11) is 0. The van der Waals surface area contributed by atoms with Gasteiger partial charge < -0.3 is 10.4 Å². The maximum atomic E-state index is 13.5.